The summed E-state index contributed by atoms with van der Waals surface area (Å²) < 4.78 is 1.05. The molecule has 0 aliphatic carbocycles. The van der Waals surface area contributed by atoms with E-state index in [0.717, 1.165) is 26.4 Å². The van der Waals surface area contributed by atoms with E-state index < -0.39 is 0 Å². The van der Waals surface area contributed by atoms with Crippen LogP contribution in [0.1, 0.15) is 5.56 Å². The van der Waals surface area contributed by atoms with Crippen molar-refractivity contribution in [3.8, 4) is 11.3 Å². The number of rotatable bonds is 6. The van der Waals surface area contributed by atoms with Crippen LogP contribution in [-0.2, 0) is 0 Å². The van der Waals surface area contributed by atoms with Gasteiger partial charge in [0.05, 0.1) is 11.9 Å². The highest BCUT2D eigenvalue weighted by molar-refractivity contribution is 9.10. The van der Waals surface area contributed by atoms with Crippen molar-refractivity contribution in [1.82, 2.24) is 4.98 Å². The lowest BCUT2D eigenvalue weighted by Gasteiger charge is -2.02. The maximum absolute atomic E-state index is 4.62. The normalized spacial score (nSPS) is 11.0. The number of hydrogen-bond donors (Lipinski definition) is 1. The van der Waals surface area contributed by atoms with Crippen molar-refractivity contribution >= 4 is 50.4 Å². The Hall–Kier alpha value is -2.41. The molecule has 4 aromatic rings. The highest BCUT2D eigenvalue weighted by Crippen LogP contribution is 2.30. The highest BCUT2D eigenvalue weighted by Gasteiger charge is 2.05. The summed E-state index contributed by atoms with van der Waals surface area (Å²) in [7, 11) is 0. The van der Waals surface area contributed by atoms with Crippen LogP contribution in [0, 0.1) is 0 Å². The molecule has 1 aromatic heterocycles. The molecule has 0 saturated carbocycles. The Bertz CT molecular complexity index is 1060. The van der Waals surface area contributed by atoms with Gasteiger partial charge in [0, 0.05) is 25.2 Å². The molecule has 0 unspecified atom stereocenters. The zero-order chi connectivity index (χ0) is 19.2. The van der Waals surface area contributed by atoms with Crippen molar-refractivity contribution in [2.24, 2.45) is 5.10 Å². The van der Waals surface area contributed by atoms with Gasteiger partial charge in [0.15, 0.2) is 0 Å². The zero-order valence-corrected chi connectivity index (χ0v) is 18.0. The summed E-state index contributed by atoms with van der Waals surface area (Å²) in [6.07, 6.45) is 1.78. The van der Waals surface area contributed by atoms with Gasteiger partial charge in [-0.25, -0.2) is 4.98 Å². The summed E-state index contributed by atoms with van der Waals surface area (Å²) in [5, 5.41) is 7.07. The van der Waals surface area contributed by atoms with Crippen molar-refractivity contribution in [2.75, 3.05) is 5.43 Å². The third-order valence-electron chi connectivity index (χ3n) is 3.88. The number of halogens is 1. The summed E-state index contributed by atoms with van der Waals surface area (Å²) in [6.45, 7) is 0. The Labute approximate surface area is 180 Å². The van der Waals surface area contributed by atoms with E-state index in [-0.39, 0.29) is 0 Å². The molecule has 0 spiro atoms. The molecule has 3 aromatic carbocycles. The number of anilines is 1. The van der Waals surface area contributed by atoms with Crippen LogP contribution in [0.5, 0.6) is 0 Å². The van der Waals surface area contributed by atoms with Crippen molar-refractivity contribution in [2.45, 2.75) is 9.79 Å². The highest BCUT2D eigenvalue weighted by atomic mass is 79.9. The summed E-state index contributed by atoms with van der Waals surface area (Å²) in [4.78, 5) is 7.06. The van der Waals surface area contributed by atoms with E-state index in [0.29, 0.717) is 0 Å². The van der Waals surface area contributed by atoms with E-state index in [9.17, 15) is 0 Å². The fourth-order valence-corrected chi connectivity index (χ4v) is 4.26. The van der Waals surface area contributed by atoms with Gasteiger partial charge in [-0.05, 0) is 42.0 Å². The zero-order valence-electron chi connectivity index (χ0n) is 14.7. The maximum Gasteiger partial charge on any atom is 0.203 e. The number of nitrogens with zero attached hydrogens (tertiary/aromatic N) is 2. The van der Waals surface area contributed by atoms with Crippen LogP contribution in [0.3, 0.4) is 0 Å². The van der Waals surface area contributed by atoms with E-state index in [1.807, 2.05) is 35.7 Å². The quantitative estimate of drug-likeness (QED) is 0.242. The minimum atomic E-state index is 0.770. The summed E-state index contributed by atoms with van der Waals surface area (Å²) in [6, 6.07) is 26.8. The van der Waals surface area contributed by atoms with E-state index >= 15 is 0 Å². The Balaban J connectivity index is 1.39. The molecule has 0 bridgehead atoms. The monoisotopic (exact) mass is 465 g/mol. The third kappa shape index (κ3) is 5.10. The molecule has 0 fully saturated rings. The fraction of sp³-hybridized carbons (Fsp3) is 0. The molecular formula is C22H16BrN3S2. The Morgan fingerprint density at radius 2 is 1.61 bits per heavy atom. The molecule has 28 heavy (non-hydrogen) atoms. The van der Waals surface area contributed by atoms with Gasteiger partial charge in [-0.1, -0.05) is 70.2 Å². The summed E-state index contributed by atoms with van der Waals surface area (Å²) >= 11 is 6.72. The maximum atomic E-state index is 4.62. The Kier molecular flexibility index (Phi) is 6.21. The van der Waals surface area contributed by atoms with Gasteiger partial charge in [-0.15, -0.1) is 11.3 Å². The largest absolute Gasteiger partial charge is 0.253 e. The number of nitrogens with one attached hydrogen (secondary N) is 1. The van der Waals surface area contributed by atoms with Gasteiger partial charge >= 0.3 is 0 Å². The van der Waals surface area contributed by atoms with Gasteiger partial charge in [-0.3, -0.25) is 5.43 Å². The van der Waals surface area contributed by atoms with Crippen LogP contribution >= 0.6 is 39.0 Å². The van der Waals surface area contributed by atoms with Gasteiger partial charge in [0.1, 0.15) is 0 Å². The minimum Gasteiger partial charge on any atom is -0.253 e. The van der Waals surface area contributed by atoms with Crippen molar-refractivity contribution in [1.29, 1.82) is 0 Å². The first-order valence-corrected chi connectivity index (χ1v) is 11.1. The molecule has 0 saturated heterocycles. The standard InChI is InChI=1S/C22H16BrN3S2/c23-18-10-6-16(7-11-18)14-24-26-22-25-21(15-27-22)17-8-12-20(13-9-17)28-19-4-2-1-3-5-19/h1-15H,(H,25,26)/b24-14-. The van der Waals surface area contributed by atoms with Crippen molar-refractivity contribution in [3.05, 3.63) is 94.3 Å². The number of hydrogen-bond acceptors (Lipinski definition) is 5. The van der Waals surface area contributed by atoms with Crippen LogP contribution < -0.4 is 5.43 Å². The average Bonchev–Trinajstić information content (AvgIpc) is 3.20. The molecule has 0 atom stereocenters. The molecule has 0 aliphatic rings. The van der Waals surface area contributed by atoms with Crippen LogP contribution in [0.15, 0.2) is 104 Å². The van der Waals surface area contributed by atoms with E-state index in [1.54, 1.807) is 29.3 Å². The lowest BCUT2D eigenvalue weighted by Crippen LogP contribution is -1.90. The third-order valence-corrected chi connectivity index (χ3v) is 6.17. The predicted molar refractivity (Wildman–Crippen MR) is 123 cm³/mol. The second kappa shape index (κ2) is 9.19. The molecule has 0 aliphatic heterocycles. The van der Waals surface area contributed by atoms with Crippen molar-refractivity contribution in [3.63, 3.8) is 0 Å². The number of hydrazone groups is 1. The van der Waals surface area contributed by atoms with E-state index in [4.69, 9.17) is 0 Å². The average molecular weight is 466 g/mol. The molecule has 1 N–H and O–H groups in total. The van der Waals surface area contributed by atoms with Crippen molar-refractivity contribution < 1.29 is 0 Å². The minimum absolute atomic E-state index is 0.770. The van der Waals surface area contributed by atoms with Gasteiger partial charge in [-0.2, -0.15) is 5.10 Å². The van der Waals surface area contributed by atoms with Crippen LogP contribution in [0.2, 0.25) is 0 Å². The second-order valence-corrected chi connectivity index (χ2v) is 8.82. The summed E-state index contributed by atoms with van der Waals surface area (Å²) in [5.74, 6) is 0. The number of thiazole rings is 1. The van der Waals surface area contributed by atoms with Crippen LogP contribution in [0.25, 0.3) is 11.3 Å². The molecular weight excluding hydrogens is 450 g/mol. The summed E-state index contributed by atoms with van der Waals surface area (Å²) in [5.41, 5.74) is 6.07. The van der Waals surface area contributed by atoms with Crippen LogP contribution in [-0.4, -0.2) is 11.2 Å². The second-order valence-electron chi connectivity index (χ2n) is 5.90. The smallest absolute Gasteiger partial charge is 0.203 e. The topological polar surface area (TPSA) is 37.3 Å². The van der Waals surface area contributed by atoms with Crippen LogP contribution in [0.4, 0.5) is 5.13 Å². The first-order valence-electron chi connectivity index (χ1n) is 8.60. The molecule has 3 nitrogen and oxygen atoms in total. The molecule has 4 rings (SSSR count). The van der Waals surface area contributed by atoms with Gasteiger partial charge < -0.3 is 0 Å². The molecule has 138 valence electrons. The molecule has 0 amide bonds. The van der Waals surface area contributed by atoms with Gasteiger partial charge in [0.2, 0.25) is 5.13 Å². The van der Waals surface area contributed by atoms with Gasteiger partial charge in [0.25, 0.3) is 0 Å². The Morgan fingerprint density at radius 3 is 2.36 bits per heavy atom. The molecule has 6 heteroatoms. The Morgan fingerprint density at radius 1 is 0.893 bits per heavy atom. The number of aromatic nitrogens is 1. The molecule has 0 radical (unpaired) electrons. The lowest BCUT2D eigenvalue weighted by atomic mass is 10.2. The van der Waals surface area contributed by atoms with E-state index in [1.165, 1.54) is 9.79 Å². The first-order chi connectivity index (χ1) is 13.8. The number of benzene rings is 3. The first kappa shape index (κ1) is 18.9. The lowest BCUT2D eigenvalue weighted by molar-refractivity contribution is 1.28. The van der Waals surface area contributed by atoms with E-state index in [2.05, 4.69) is 80.0 Å². The fourth-order valence-electron chi connectivity index (χ4n) is 2.49. The predicted octanol–water partition coefficient (Wildman–Crippen LogP) is 7.17. The SMILES string of the molecule is Brc1ccc(/C=N\Nc2nc(-c3ccc(Sc4ccccc4)cc3)cs2)cc1. The molecule has 1 heterocycles.